The lowest BCUT2D eigenvalue weighted by Crippen LogP contribution is -2.38. The molecule has 1 N–H and O–H groups in total. The Kier molecular flexibility index (Phi) is 5.67. The van der Waals surface area contributed by atoms with Crippen LogP contribution in [0, 0.1) is 0 Å². The van der Waals surface area contributed by atoms with E-state index in [0.29, 0.717) is 6.54 Å². The number of hydrogen-bond acceptors (Lipinski definition) is 2. The molecular weight excluding hydrogens is 372 g/mol. The van der Waals surface area contributed by atoms with Gasteiger partial charge in [0.05, 0.1) is 16.9 Å². The van der Waals surface area contributed by atoms with Gasteiger partial charge in [0.15, 0.2) is 0 Å². The van der Waals surface area contributed by atoms with E-state index in [1.807, 2.05) is 43.3 Å². The van der Waals surface area contributed by atoms with Crippen molar-refractivity contribution in [3.63, 3.8) is 0 Å². The molecule has 2 aromatic rings. The highest BCUT2D eigenvalue weighted by molar-refractivity contribution is 9.10. The van der Waals surface area contributed by atoms with Crippen LogP contribution in [0.25, 0.3) is 0 Å². The molecule has 0 aliphatic rings. The first kappa shape index (κ1) is 16.3. The van der Waals surface area contributed by atoms with Crippen LogP contribution in [0.1, 0.15) is 23.4 Å². The monoisotopic (exact) mass is 386 g/mol. The van der Waals surface area contributed by atoms with Crippen molar-refractivity contribution in [3.05, 3.63) is 55.6 Å². The van der Waals surface area contributed by atoms with Gasteiger partial charge in [-0.15, -0.1) is 11.3 Å². The maximum Gasteiger partial charge on any atom is 0.317 e. The van der Waals surface area contributed by atoms with E-state index in [0.717, 1.165) is 19.2 Å². The van der Waals surface area contributed by atoms with E-state index in [1.54, 1.807) is 11.9 Å². The molecule has 0 spiro atoms. The largest absolute Gasteiger partial charge is 0.331 e. The summed E-state index contributed by atoms with van der Waals surface area (Å²) < 4.78 is 1.76. The molecule has 0 saturated carbocycles. The Morgan fingerprint density at radius 2 is 2.00 bits per heavy atom. The van der Waals surface area contributed by atoms with Crippen molar-refractivity contribution in [3.8, 4) is 0 Å². The molecule has 1 aromatic carbocycles. The van der Waals surface area contributed by atoms with Gasteiger partial charge in [0.1, 0.15) is 0 Å². The van der Waals surface area contributed by atoms with Gasteiger partial charge in [0.25, 0.3) is 0 Å². The summed E-state index contributed by atoms with van der Waals surface area (Å²) in [5.41, 5.74) is 1.07. The summed E-state index contributed by atoms with van der Waals surface area (Å²) in [6.07, 6.45) is 0. The molecule has 0 radical (unpaired) electrons. The Hall–Kier alpha value is -1.04. The van der Waals surface area contributed by atoms with Crippen molar-refractivity contribution in [2.24, 2.45) is 0 Å². The van der Waals surface area contributed by atoms with Gasteiger partial charge in [-0.25, -0.2) is 4.79 Å². The average Bonchev–Trinajstić information content (AvgIpc) is 2.84. The number of carbonyl (C=O) groups excluding carboxylic acids is 1. The van der Waals surface area contributed by atoms with Crippen LogP contribution in [-0.2, 0) is 6.54 Å². The third-order valence-electron chi connectivity index (χ3n) is 3.08. The van der Waals surface area contributed by atoms with Gasteiger partial charge in [0.2, 0.25) is 0 Å². The molecule has 6 heteroatoms. The van der Waals surface area contributed by atoms with Crippen LogP contribution in [0.2, 0.25) is 4.34 Å². The van der Waals surface area contributed by atoms with Crippen molar-refractivity contribution in [1.29, 1.82) is 0 Å². The Balaban J connectivity index is 1.92. The number of halogens is 2. The maximum absolute atomic E-state index is 12.2. The number of nitrogens with zero attached hydrogens (tertiary/aromatic N) is 1. The molecule has 0 saturated heterocycles. The van der Waals surface area contributed by atoms with Gasteiger partial charge < -0.3 is 10.2 Å². The maximum atomic E-state index is 12.2. The fourth-order valence-electron chi connectivity index (χ4n) is 1.87. The topological polar surface area (TPSA) is 32.3 Å². The Morgan fingerprint density at radius 1 is 1.33 bits per heavy atom. The molecule has 1 atom stereocenters. The number of carbonyl (C=O) groups is 1. The van der Waals surface area contributed by atoms with E-state index in [4.69, 9.17) is 11.6 Å². The molecule has 3 nitrogen and oxygen atoms in total. The first-order valence-corrected chi connectivity index (χ1v) is 8.46. The molecular formula is C15H16BrClN2OS. The van der Waals surface area contributed by atoms with E-state index in [-0.39, 0.29) is 12.1 Å². The fraction of sp³-hybridized carbons (Fsp3) is 0.267. The lowest BCUT2D eigenvalue weighted by molar-refractivity contribution is 0.204. The number of amides is 2. The molecule has 1 aromatic heterocycles. The van der Waals surface area contributed by atoms with E-state index in [2.05, 4.69) is 21.2 Å². The second-order valence-electron chi connectivity index (χ2n) is 4.78. The van der Waals surface area contributed by atoms with Gasteiger partial charge in [0, 0.05) is 16.4 Å². The van der Waals surface area contributed by atoms with Crippen molar-refractivity contribution < 1.29 is 4.79 Å². The molecule has 2 amide bonds. The lowest BCUT2D eigenvalue weighted by Gasteiger charge is -2.21. The molecule has 0 fully saturated rings. The second-order valence-corrected chi connectivity index (χ2v) is 7.50. The summed E-state index contributed by atoms with van der Waals surface area (Å²) in [6, 6.07) is 11.6. The van der Waals surface area contributed by atoms with Crippen LogP contribution in [0.15, 0.2) is 40.9 Å². The van der Waals surface area contributed by atoms with Crippen molar-refractivity contribution >= 4 is 44.9 Å². The van der Waals surface area contributed by atoms with Crippen LogP contribution in [-0.4, -0.2) is 18.0 Å². The molecule has 21 heavy (non-hydrogen) atoms. The predicted molar refractivity (Wildman–Crippen MR) is 91.9 cm³/mol. The van der Waals surface area contributed by atoms with E-state index in [1.165, 1.54) is 11.3 Å². The molecule has 112 valence electrons. The van der Waals surface area contributed by atoms with Crippen molar-refractivity contribution in [2.75, 3.05) is 7.05 Å². The van der Waals surface area contributed by atoms with Gasteiger partial charge >= 0.3 is 6.03 Å². The van der Waals surface area contributed by atoms with E-state index in [9.17, 15) is 4.79 Å². The van der Waals surface area contributed by atoms with E-state index < -0.39 is 0 Å². The minimum Gasteiger partial charge on any atom is -0.331 e. The zero-order valence-corrected chi connectivity index (χ0v) is 14.9. The Morgan fingerprint density at radius 3 is 2.57 bits per heavy atom. The fourth-order valence-corrected chi connectivity index (χ4v) is 3.28. The summed E-state index contributed by atoms with van der Waals surface area (Å²) in [4.78, 5) is 14.9. The highest BCUT2D eigenvalue weighted by atomic mass is 79.9. The molecule has 0 aliphatic carbocycles. The number of urea groups is 1. The summed E-state index contributed by atoms with van der Waals surface area (Å²) in [5.74, 6) is 0. The first-order chi connectivity index (χ1) is 9.95. The SMILES string of the molecule is CC(NC(=O)N(C)Cc1ccc(Cl)s1)c1ccc(Br)cc1. The third-order valence-corrected chi connectivity index (χ3v) is 4.82. The summed E-state index contributed by atoms with van der Waals surface area (Å²) >= 11 is 10.8. The quantitative estimate of drug-likeness (QED) is 0.780. The number of benzene rings is 1. The standard InChI is InChI=1S/C15H16BrClN2OS/c1-10(11-3-5-12(16)6-4-11)18-15(20)19(2)9-13-7-8-14(17)21-13/h3-8,10H,9H2,1-2H3,(H,18,20). The summed E-state index contributed by atoms with van der Waals surface area (Å²) in [6.45, 7) is 2.52. The smallest absolute Gasteiger partial charge is 0.317 e. The van der Waals surface area contributed by atoms with Crippen LogP contribution in [0.4, 0.5) is 4.79 Å². The molecule has 0 bridgehead atoms. The molecule has 0 aliphatic heterocycles. The van der Waals surface area contributed by atoms with Crippen LogP contribution in [0.5, 0.6) is 0 Å². The summed E-state index contributed by atoms with van der Waals surface area (Å²) in [5, 5.41) is 2.99. The van der Waals surface area contributed by atoms with Crippen LogP contribution >= 0.6 is 38.9 Å². The van der Waals surface area contributed by atoms with Gasteiger partial charge in [-0.05, 0) is 36.8 Å². The van der Waals surface area contributed by atoms with Crippen molar-refractivity contribution in [2.45, 2.75) is 19.5 Å². The minimum atomic E-state index is -0.102. The van der Waals surface area contributed by atoms with Crippen molar-refractivity contribution in [1.82, 2.24) is 10.2 Å². The number of hydrogen-bond donors (Lipinski definition) is 1. The second kappa shape index (κ2) is 7.29. The lowest BCUT2D eigenvalue weighted by atomic mass is 10.1. The van der Waals surface area contributed by atoms with Crippen LogP contribution < -0.4 is 5.32 Å². The minimum absolute atomic E-state index is 0.0417. The highest BCUT2D eigenvalue weighted by Gasteiger charge is 2.14. The Labute approximate surface area is 142 Å². The number of thiophene rings is 1. The van der Waals surface area contributed by atoms with Gasteiger partial charge in [-0.3, -0.25) is 0 Å². The first-order valence-electron chi connectivity index (χ1n) is 6.47. The zero-order chi connectivity index (χ0) is 15.4. The summed E-state index contributed by atoms with van der Waals surface area (Å²) in [7, 11) is 1.78. The molecule has 2 rings (SSSR count). The highest BCUT2D eigenvalue weighted by Crippen LogP contribution is 2.22. The number of rotatable bonds is 4. The Bertz CT molecular complexity index is 614. The zero-order valence-electron chi connectivity index (χ0n) is 11.8. The molecule has 1 heterocycles. The third kappa shape index (κ3) is 4.73. The normalized spacial score (nSPS) is 12.0. The van der Waals surface area contributed by atoms with Gasteiger partial charge in [-0.1, -0.05) is 39.7 Å². The van der Waals surface area contributed by atoms with Crippen LogP contribution in [0.3, 0.4) is 0 Å². The average molecular weight is 388 g/mol. The molecule has 1 unspecified atom stereocenters. The van der Waals surface area contributed by atoms with Gasteiger partial charge in [-0.2, -0.15) is 0 Å². The number of nitrogens with one attached hydrogen (secondary N) is 1. The van der Waals surface area contributed by atoms with E-state index >= 15 is 0 Å². The predicted octanol–water partition coefficient (Wildman–Crippen LogP) is 5.07.